The smallest absolute Gasteiger partial charge is 0.122 e. The van der Waals surface area contributed by atoms with Crippen LogP contribution in [0, 0.1) is 0 Å². The normalized spacial score (nSPS) is 23.9. The van der Waals surface area contributed by atoms with E-state index < -0.39 is 0 Å². The van der Waals surface area contributed by atoms with Gasteiger partial charge in [0.1, 0.15) is 5.75 Å². The fraction of sp³-hybridized carbons (Fsp3) is 0.625. The summed E-state index contributed by atoms with van der Waals surface area (Å²) in [5.74, 6) is 1.75. The van der Waals surface area contributed by atoms with Crippen molar-refractivity contribution in [2.45, 2.75) is 51.0 Å². The van der Waals surface area contributed by atoms with E-state index in [1.54, 1.807) is 0 Å². The van der Waals surface area contributed by atoms with Gasteiger partial charge >= 0.3 is 0 Å². The molecule has 1 aliphatic carbocycles. The van der Waals surface area contributed by atoms with Crippen LogP contribution in [-0.4, -0.2) is 19.7 Å². The lowest BCUT2D eigenvalue weighted by Gasteiger charge is -2.30. The predicted octanol–water partition coefficient (Wildman–Crippen LogP) is 3.72. The molecule has 0 aliphatic heterocycles. The molecule has 2 unspecified atom stereocenters. The van der Waals surface area contributed by atoms with Crippen molar-refractivity contribution in [2.75, 3.05) is 13.7 Å². The van der Waals surface area contributed by atoms with Crippen LogP contribution in [0.5, 0.6) is 5.75 Å². The fourth-order valence-electron chi connectivity index (χ4n) is 2.90. The zero-order chi connectivity index (χ0) is 12.8. The molecule has 1 saturated carbocycles. The van der Waals surface area contributed by atoms with Crippen molar-refractivity contribution in [2.24, 2.45) is 0 Å². The lowest BCUT2D eigenvalue weighted by atomic mass is 9.81. The first-order chi connectivity index (χ1) is 8.85. The molecular formula is C16H25NO. The van der Waals surface area contributed by atoms with Crippen LogP contribution >= 0.6 is 0 Å². The first-order valence-electron chi connectivity index (χ1n) is 7.24. The minimum atomic E-state index is 0.657. The van der Waals surface area contributed by atoms with Crippen LogP contribution in [-0.2, 0) is 0 Å². The van der Waals surface area contributed by atoms with Gasteiger partial charge in [-0.2, -0.15) is 0 Å². The summed E-state index contributed by atoms with van der Waals surface area (Å²) in [5.41, 5.74) is 1.41. The Morgan fingerprint density at radius 3 is 2.89 bits per heavy atom. The molecule has 0 aromatic heterocycles. The number of hydrogen-bond acceptors (Lipinski definition) is 2. The average Bonchev–Trinajstić information content (AvgIpc) is 2.45. The standard InChI is InChI=1S/C16H25NO/c1-3-11-18-16-10-5-4-9-15(16)13-7-6-8-14(12-13)17-2/h4-5,9-10,13-14,17H,3,6-8,11-12H2,1-2H3. The quantitative estimate of drug-likeness (QED) is 0.856. The Labute approximate surface area is 111 Å². The second-order valence-electron chi connectivity index (χ2n) is 5.24. The Morgan fingerprint density at radius 1 is 1.28 bits per heavy atom. The highest BCUT2D eigenvalue weighted by Gasteiger charge is 2.24. The summed E-state index contributed by atoms with van der Waals surface area (Å²) in [4.78, 5) is 0. The summed E-state index contributed by atoms with van der Waals surface area (Å²) >= 11 is 0. The molecule has 2 nitrogen and oxygen atoms in total. The van der Waals surface area contributed by atoms with E-state index in [1.807, 2.05) is 0 Å². The van der Waals surface area contributed by atoms with E-state index in [1.165, 1.54) is 31.2 Å². The number of rotatable bonds is 5. The van der Waals surface area contributed by atoms with E-state index in [9.17, 15) is 0 Å². The highest BCUT2D eigenvalue weighted by atomic mass is 16.5. The molecule has 1 aromatic carbocycles. The maximum Gasteiger partial charge on any atom is 0.122 e. The van der Waals surface area contributed by atoms with Crippen molar-refractivity contribution >= 4 is 0 Å². The Morgan fingerprint density at radius 2 is 2.11 bits per heavy atom. The topological polar surface area (TPSA) is 21.3 Å². The minimum absolute atomic E-state index is 0.657. The molecule has 1 aliphatic rings. The third-order valence-electron chi connectivity index (χ3n) is 3.90. The lowest BCUT2D eigenvalue weighted by molar-refractivity contribution is 0.301. The van der Waals surface area contributed by atoms with Crippen molar-refractivity contribution in [3.63, 3.8) is 0 Å². The summed E-state index contributed by atoms with van der Waals surface area (Å²) < 4.78 is 5.89. The molecule has 2 rings (SSSR count). The maximum atomic E-state index is 5.89. The van der Waals surface area contributed by atoms with Gasteiger partial charge in [0.2, 0.25) is 0 Å². The molecule has 0 amide bonds. The van der Waals surface area contributed by atoms with Crippen LogP contribution in [0.15, 0.2) is 24.3 Å². The SMILES string of the molecule is CCCOc1ccccc1C1CCCC(NC)C1. The summed E-state index contributed by atoms with van der Waals surface area (Å²) in [6, 6.07) is 9.24. The molecular weight excluding hydrogens is 222 g/mol. The van der Waals surface area contributed by atoms with Gasteiger partial charge in [-0.25, -0.2) is 0 Å². The number of para-hydroxylation sites is 1. The Kier molecular flexibility index (Phi) is 5.06. The van der Waals surface area contributed by atoms with Crippen molar-refractivity contribution in [3.8, 4) is 5.75 Å². The Hall–Kier alpha value is -1.02. The van der Waals surface area contributed by atoms with Crippen LogP contribution in [0.4, 0.5) is 0 Å². The molecule has 0 heterocycles. The molecule has 0 radical (unpaired) electrons. The van der Waals surface area contributed by atoms with E-state index in [-0.39, 0.29) is 0 Å². The zero-order valence-electron chi connectivity index (χ0n) is 11.6. The molecule has 0 spiro atoms. The number of hydrogen-bond donors (Lipinski definition) is 1. The van der Waals surface area contributed by atoms with Crippen LogP contribution in [0.2, 0.25) is 0 Å². The highest BCUT2D eigenvalue weighted by Crippen LogP contribution is 2.37. The van der Waals surface area contributed by atoms with Crippen LogP contribution in [0.3, 0.4) is 0 Å². The second kappa shape index (κ2) is 6.79. The van der Waals surface area contributed by atoms with Gasteiger partial charge in [0, 0.05) is 6.04 Å². The monoisotopic (exact) mass is 247 g/mol. The van der Waals surface area contributed by atoms with E-state index in [0.29, 0.717) is 12.0 Å². The molecule has 2 atom stereocenters. The highest BCUT2D eigenvalue weighted by molar-refractivity contribution is 5.36. The van der Waals surface area contributed by atoms with Gasteiger partial charge in [-0.3, -0.25) is 0 Å². The van der Waals surface area contributed by atoms with Gasteiger partial charge in [0.25, 0.3) is 0 Å². The maximum absolute atomic E-state index is 5.89. The first kappa shape index (κ1) is 13.4. The third kappa shape index (κ3) is 3.26. The van der Waals surface area contributed by atoms with Crippen LogP contribution < -0.4 is 10.1 Å². The largest absolute Gasteiger partial charge is 0.493 e. The predicted molar refractivity (Wildman–Crippen MR) is 76.3 cm³/mol. The van der Waals surface area contributed by atoms with Crippen LogP contribution in [0.1, 0.15) is 50.5 Å². The fourth-order valence-corrected chi connectivity index (χ4v) is 2.90. The molecule has 18 heavy (non-hydrogen) atoms. The van der Waals surface area contributed by atoms with Gasteiger partial charge in [0.15, 0.2) is 0 Å². The minimum Gasteiger partial charge on any atom is -0.493 e. The van der Waals surface area contributed by atoms with Crippen molar-refractivity contribution < 1.29 is 4.74 Å². The number of nitrogens with one attached hydrogen (secondary N) is 1. The Balaban J connectivity index is 2.11. The van der Waals surface area contributed by atoms with Crippen molar-refractivity contribution in [3.05, 3.63) is 29.8 Å². The van der Waals surface area contributed by atoms with Gasteiger partial charge in [0.05, 0.1) is 6.61 Å². The number of ether oxygens (including phenoxy) is 1. The molecule has 2 heteroatoms. The lowest BCUT2D eigenvalue weighted by Crippen LogP contribution is -2.30. The van der Waals surface area contributed by atoms with Crippen molar-refractivity contribution in [1.82, 2.24) is 5.32 Å². The Bertz CT molecular complexity index is 364. The molecule has 1 aromatic rings. The van der Waals surface area contributed by atoms with Crippen molar-refractivity contribution in [1.29, 1.82) is 0 Å². The van der Waals surface area contributed by atoms with Crippen LogP contribution in [0.25, 0.3) is 0 Å². The molecule has 1 N–H and O–H groups in total. The second-order valence-corrected chi connectivity index (χ2v) is 5.24. The van der Waals surface area contributed by atoms with Gasteiger partial charge in [-0.15, -0.1) is 0 Å². The van der Waals surface area contributed by atoms with Gasteiger partial charge in [-0.1, -0.05) is 31.5 Å². The summed E-state index contributed by atoms with van der Waals surface area (Å²) in [6.45, 7) is 2.97. The van der Waals surface area contributed by atoms with Gasteiger partial charge < -0.3 is 10.1 Å². The zero-order valence-corrected chi connectivity index (χ0v) is 11.6. The molecule has 0 bridgehead atoms. The first-order valence-corrected chi connectivity index (χ1v) is 7.24. The third-order valence-corrected chi connectivity index (χ3v) is 3.90. The average molecular weight is 247 g/mol. The van der Waals surface area contributed by atoms with E-state index in [4.69, 9.17) is 4.74 Å². The summed E-state index contributed by atoms with van der Waals surface area (Å²) in [5, 5.41) is 3.43. The van der Waals surface area contributed by atoms with E-state index >= 15 is 0 Å². The van der Waals surface area contributed by atoms with Gasteiger partial charge in [-0.05, 0) is 50.3 Å². The molecule has 100 valence electrons. The molecule has 1 fully saturated rings. The molecule has 0 saturated heterocycles. The number of benzene rings is 1. The summed E-state index contributed by atoms with van der Waals surface area (Å²) in [6.07, 6.45) is 6.23. The van der Waals surface area contributed by atoms with E-state index in [2.05, 4.69) is 43.6 Å². The van der Waals surface area contributed by atoms with E-state index in [0.717, 1.165) is 18.8 Å². The summed E-state index contributed by atoms with van der Waals surface area (Å²) in [7, 11) is 2.08.